The molecule has 0 aliphatic heterocycles. The third-order valence-corrected chi connectivity index (χ3v) is 2.47. The third-order valence-electron chi connectivity index (χ3n) is 2.47. The molecular weight excluding hydrogens is 190 g/mol. The molecule has 1 unspecified atom stereocenters. The molecule has 1 amide bonds. The molecule has 0 aromatic heterocycles. The van der Waals surface area contributed by atoms with Gasteiger partial charge in [-0.3, -0.25) is 0 Å². The lowest BCUT2D eigenvalue weighted by Gasteiger charge is -2.21. The van der Waals surface area contributed by atoms with Gasteiger partial charge in [0.1, 0.15) is 5.60 Å². The molecule has 15 heavy (non-hydrogen) atoms. The second-order valence-electron chi connectivity index (χ2n) is 5.57. The second-order valence-corrected chi connectivity index (χ2v) is 5.57. The molecule has 1 aliphatic rings. The molecule has 0 heterocycles. The monoisotopic (exact) mass is 213 g/mol. The number of nitrogens with one attached hydrogen (secondary N) is 1. The van der Waals surface area contributed by atoms with Gasteiger partial charge >= 0.3 is 6.09 Å². The van der Waals surface area contributed by atoms with Crippen molar-refractivity contribution in [3.05, 3.63) is 0 Å². The van der Waals surface area contributed by atoms with Crippen LogP contribution >= 0.6 is 0 Å². The highest BCUT2D eigenvalue weighted by atomic mass is 16.6. The van der Waals surface area contributed by atoms with E-state index in [1.54, 1.807) is 0 Å². The van der Waals surface area contributed by atoms with Crippen molar-refractivity contribution in [1.29, 1.82) is 0 Å². The van der Waals surface area contributed by atoms with Crippen molar-refractivity contribution in [2.24, 2.45) is 5.92 Å². The van der Waals surface area contributed by atoms with Crippen molar-refractivity contribution in [2.45, 2.75) is 65.0 Å². The Morgan fingerprint density at radius 3 is 2.53 bits per heavy atom. The van der Waals surface area contributed by atoms with Gasteiger partial charge in [-0.05, 0) is 46.5 Å². The van der Waals surface area contributed by atoms with Crippen LogP contribution in [0.25, 0.3) is 0 Å². The van der Waals surface area contributed by atoms with Gasteiger partial charge in [0.05, 0.1) is 0 Å². The summed E-state index contributed by atoms with van der Waals surface area (Å²) in [5.41, 5.74) is -0.402. The maximum Gasteiger partial charge on any atom is 0.407 e. The van der Waals surface area contributed by atoms with Gasteiger partial charge < -0.3 is 10.1 Å². The lowest BCUT2D eigenvalue weighted by molar-refractivity contribution is 0.0505. The minimum atomic E-state index is -0.402. The number of carbonyl (C=O) groups is 1. The number of carbonyl (C=O) groups excluding carboxylic acids is 1. The van der Waals surface area contributed by atoms with Crippen molar-refractivity contribution in [3.63, 3.8) is 0 Å². The molecule has 1 atom stereocenters. The molecule has 0 aromatic rings. The Labute approximate surface area is 92.6 Å². The van der Waals surface area contributed by atoms with Crippen LogP contribution < -0.4 is 5.32 Å². The first kappa shape index (κ1) is 12.3. The van der Waals surface area contributed by atoms with Gasteiger partial charge in [0.15, 0.2) is 0 Å². The summed E-state index contributed by atoms with van der Waals surface area (Å²) in [6, 6.07) is 0.223. The van der Waals surface area contributed by atoms with Gasteiger partial charge in [-0.2, -0.15) is 0 Å². The predicted molar refractivity (Wildman–Crippen MR) is 60.8 cm³/mol. The number of rotatable bonds is 4. The van der Waals surface area contributed by atoms with Crippen molar-refractivity contribution < 1.29 is 9.53 Å². The standard InChI is InChI=1S/C12H23NO2/c1-9(5-6-10-7-8-10)13-11(14)15-12(2,3)4/h9-10H,5-8H2,1-4H3,(H,13,14). The van der Waals surface area contributed by atoms with Crippen LogP contribution in [0.2, 0.25) is 0 Å². The Hall–Kier alpha value is -0.730. The van der Waals surface area contributed by atoms with Crippen molar-refractivity contribution >= 4 is 6.09 Å². The summed E-state index contributed by atoms with van der Waals surface area (Å²) in [6.07, 6.45) is 4.74. The normalized spacial score (nSPS) is 18.4. The zero-order valence-corrected chi connectivity index (χ0v) is 10.3. The fourth-order valence-corrected chi connectivity index (χ4v) is 1.47. The number of hydrogen-bond donors (Lipinski definition) is 1. The molecule has 3 nitrogen and oxygen atoms in total. The predicted octanol–water partition coefficient (Wildman–Crippen LogP) is 3.09. The number of hydrogen-bond acceptors (Lipinski definition) is 2. The second kappa shape index (κ2) is 4.86. The minimum absolute atomic E-state index is 0.223. The molecule has 0 bridgehead atoms. The molecule has 3 heteroatoms. The zero-order chi connectivity index (χ0) is 11.5. The van der Waals surface area contributed by atoms with E-state index in [9.17, 15) is 4.79 Å². The van der Waals surface area contributed by atoms with Gasteiger partial charge in [-0.25, -0.2) is 4.79 Å². The Kier molecular flexibility index (Phi) is 4.00. The average Bonchev–Trinajstić information content (AvgIpc) is 2.79. The Morgan fingerprint density at radius 1 is 1.47 bits per heavy atom. The number of ether oxygens (including phenoxy) is 1. The molecule has 1 aliphatic carbocycles. The van der Waals surface area contributed by atoms with E-state index in [0.29, 0.717) is 0 Å². The van der Waals surface area contributed by atoms with Crippen LogP contribution in [0.3, 0.4) is 0 Å². The first-order chi connectivity index (χ1) is 6.87. The smallest absolute Gasteiger partial charge is 0.407 e. The minimum Gasteiger partial charge on any atom is -0.444 e. The summed E-state index contributed by atoms with van der Waals surface area (Å²) in [4.78, 5) is 11.4. The molecule has 1 N–H and O–H groups in total. The van der Waals surface area contributed by atoms with Crippen LogP contribution in [0.1, 0.15) is 53.4 Å². The first-order valence-electron chi connectivity index (χ1n) is 5.86. The molecule has 0 spiro atoms. The van der Waals surface area contributed by atoms with E-state index in [1.165, 1.54) is 19.3 Å². The first-order valence-corrected chi connectivity index (χ1v) is 5.86. The van der Waals surface area contributed by atoms with Gasteiger partial charge in [0.2, 0.25) is 0 Å². The molecule has 0 aromatic carbocycles. The van der Waals surface area contributed by atoms with E-state index in [-0.39, 0.29) is 12.1 Å². The highest BCUT2D eigenvalue weighted by Crippen LogP contribution is 2.33. The Balaban J connectivity index is 2.12. The van der Waals surface area contributed by atoms with Gasteiger partial charge in [-0.15, -0.1) is 0 Å². The Morgan fingerprint density at radius 2 is 2.07 bits per heavy atom. The zero-order valence-electron chi connectivity index (χ0n) is 10.3. The molecule has 1 rings (SSSR count). The van der Waals surface area contributed by atoms with Crippen LogP contribution in [-0.2, 0) is 4.74 Å². The fraction of sp³-hybridized carbons (Fsp3) is 0.917. The molecule has 88 valence electrons. The summed E-state index contributed by atoms with van der Waals surface area (Å²) in [7, 11) is 0. The molecular formula is C12H23NO2. The van der Waals surface area contributed by atoms with Gasteiger partial charge in [-0.1, -0.05) is 12.8 Å². The molecule has 1 fully saturated rings. The van der Waals surface area contributed by atoms with E-state index in [4.69, 9.17) is 4.74 Å². The molecule has 0 saturated heterocycles. The van der Waals surface area contributed by atoms with Crippen LogP contribution in [0.15, 0.2) is 0 Å². The third kappa shape index (κ3) is 6.37. The maximum absolute atomic E-state index is 11.4. The van der Waals surface area contributed by atoms with Gasteiger partial charge in [0, 0.05) is 6.04 Å². The van der Waals surface area contributed by atoms with E-state index < -0.39 is 5.60 Å². The topological polar surface area (TPSA) is 38.3 Å². The SMILES string of the molecule is CC(CCC1CC1)NC(=O)OC(C)(C)C. The summed E-state index contributed by atoms with van der Waals surface area (Å²) < 4.78 is 5.18. The van der Waals surface area contributed by atoms with Crippen LogP contribution in [0.4, 0.5) is 4.79 Å². The maximum atomic E-state index is 11.4. The Bertz CT molecular complexity index is 216. The van der Waals surface area contributed by atoms with E-state index in [2.05, 4.69) is 5.32 Å². The van der Waals surface area contributed by atoms with Crippen molar-refractivity contribution in [1.82, 2.24) is 5.32 Å². The van der Waals surface area contributed by atoms with Crippen molar-refractivity contribution in [3.8, 4) is 0 Å². The summed E-state index contributed by atoms with van der Waals surface area (Å²) in [5, 5.41) is 2.86. The van der Waals surface area contributed by atoms with E-state index >= 15 is 0 Å². The lowest BCUT2D eigenvalue weighted by atomic mass is 10.1. The summed E-state index contributed by atoms with van der Waals surface area (Å²) >= 11 is 0. The van der Waals surface area contributed by atoms with Crippen LogP contribution in [0.5, 0.6) is 0 Å². The summed E-state index contributed by atoms with van der Waals surface area (Å²) in [6.45, 7) is 7.66. The largest absolute Gasteiger partial charge is 0.444 e. The molecule has 1 saturated carbocycles. The fourth-order valence-electron chi connectivity index (χ4n) is 1.47. The van der Waals surface area contributed by atoms with E-state index in [0.717, 1.165) is 12.3 Å². The van der Waals surface area contributed by atoms with Crippen molar-refractivity contribution in [2.75, 3.05) is 0 Å². The lowest BCUT2D eigenvalue weighted by Crippen LogP contribution is -2.37. The molecule has 0 radical (unpaired) electrons. The number of amides is 1. The average molecular weight is 213 g/mol. The van der Waals surface area contributed by atoms with Gasteiger partial charge in [0.25, 0.3) is 0 Å². The van der Waals surface area contributed by atoms with Crippen LogP contribution in [-0.4, -0.2) is 17.7 Å². The van der Waals surface area contributed by atoms with E-state index in [1.807, 2.05) is 27.7 Å². The van der Waals surface area contributed by atoms with Crippen LogP contribution in [0, 0.1) is 5.92 Å². The summed E-state index contributed by atoms with van der Waals surface area (Å²) in [5.74, 6) is 0.924. The number of alkyl carbamates (subject to hydrolysis) is 1. The highest BCUT2D eigenvalue weighted by molar-refractivity contribution is 5.67. The highest BCUT2D eigenvalue weighted by Gasteiger charge is 2.22. The quantitative estimate of drug-likeness (QED) is 0.779.